The van der Waals surface area contributed by atoms with Crippen LogP contribution < -0.4 is 0 Å². The van der Waals surface area contributed by atoms with E-state index in [1.807, 2.05) is 0 Å². The molecule has 0 saturated heterocycles. The standard InChI is InChI=1S/C19H12BrF3N2OS/c20-14-8-6-12(7-9-14)15-10-17(19(21,22)23)25-18(24-15)27-11-16(26)13-4-2-1-3-5-13/h1-10H,11H2. The van der Waals surface area contributed by atoms with Gasteiger partial charge in [-0.05, 0) is 18.2 Å². The summed E-state index contributed by atoms with van der Waals surface area (Å²) in [6, 6.07) is 16.2. The second-order valence-corrected chi connectivity index (χ2v) is 7.36. The summed E-state index contributed by atoms with van der Waals surface area (Å²) >= 11 is 4.17. The summed E-state index contributed by atoms with van der Waals surface area (Å²) in [4.78, 5) is 20.0. The zero-order valence-corrected chi connectivity index (χ0v) is 16.1. The molecule has 0 saturated carbocycles. The lowest BCUT2D eigenvalue weighted by molar-refractivity contribution is -0.141. The Balaban J connectivity index is 1.89. The largest absolute Gasteiger partial charge is 0.433 e. The Morgan fingerprint density at radius 3 is 2.30 bits per heavy atom. The predicted octanol–water partition coefficient (Wildman–Crippen LogP) is 5.90. The Morgan fingerprint density at radius 1 is 1.00 bits per heavy atom. The van der Waals surface area contributed by atoms with Gasteiger partial charge in [-0.3, -0.25) is 4.79 Å². The normalized spacial score (nSPS) is 11.4. The van der Waals surface area contributed by atoms with Gasteiger partial charge in [0, 0.05) is 15.6 Å². The number of Topliss-reactive ketones (excluding diaryl/α,β-unsaturated/α-hetero) is 1. The zero-order valence-electron chi connectivity index (χ0n) is 13.7. The molecule has 0 bridgehead atoms. The van der Waals surface area contributed by atoms with E-state index in [9.17, 15) is 18.0 Å². The van der Waals surface area contributed by atoms with Crippen molar-refractivity contribution in [1.29, 1.82) is 0 Å². The lowest BCUT2D eigenvalue weighted by Gasteiger charge is -2.10. The van der Waals surface area contributed by atoms with E-state index in [1.165, 1.54) is 0 Å². The molecule has 0 atom stereocenters. The van der Waals surface area contributed by atoms with Gasteiger partial charge in [-0.2, -0.15) is 13.2 Å². The van der Waals surface area contributed by atoms with Crippen molar-refractivity contribution in [2.24, 2.45) is 0 Å². The lowest BCUT2D eigenvalue weighted by Crippen LogP contribution is -2.11. The van der Waals surface area contributed by atoms with Crippen LogP contribution in [0, 0.1) is 0 Å². The first-order valence-corrected chi connectivity index (χ1v) is 9.54. The number of aromatic nitrogens is 2. The molecule has 0 fully saturated rings. The maximum Gasteiger partial charge on any atom is 0.433 e. The Morgan fingerprint density at radius 2 is 1.67 bits per heavy atom. The summed E-state index contributed by atoms with van der Waals surface area (Å²) in [5.41, 5.74) is 0.136. The number of carbonyl (C=O) groups excluding carboxylic acids is 1. The van der Waals surface area contributed by atoms with Crippen LogP contribution in [0.2, 0.25) is 0 Å². The number of hydrogen-bond donors (Lipinski definition) is 0. The Kier molecular flexibility index (Phi) is 5.96. The van der Waals surface area contributed by atoms with Crippen LogP contribution >= 0.6 is 27.7 Å². The molecule has 8 heteroatoms. The van der Waals surface area contributed by atoms with Gasteiger partial charge < -0.3 is 0 Å². The smallest absolute Gasteiger partial charge is 0.293 e. The number of nitrogens with zero attached hydrogens (tertiary/aromatic N) is 2. The molecule has 3 aromatic rings. The minimum atomic E-state index is -4.61. The van der Waals surface area contributed by atoms with Crippen molar-refractivity contribution in [3.63, 3.8) is 0 Å². The third-order valence-electron chi connectivity index (χ3n) is 3.56. The highest BCUT2D eigenvalue weighted by Gasteiger charge is 2.34. The van der Waals surface area contributed by atoms with Crippen molar-refractivity contribution in [2.45, 2.75) is 11.3 Å². The van der Waals surface area contributed by atoms with E-state index in [-0.39, 0.29) is 22.4 Å². The molecule has 3 rings (SSSR count). The molecule has 0 radical (unpaired) electrons. The highest BCUT2D eigenvalue weighted by molar-refractivity contribution is 9.10. The summed E-state index contributed by atoms with van der Waals surface area (Å²) in [7, 11) is 0. The number of rotatable bonds is 5. The van der Waals surface area contributed by atoms with Crippen molar-refractivity contribution in [3.8, 4) is 11.3 Å². The van der Waals surface area contributed by atoms with Gasteiger partial charge in [-0.15, -0.1) is 0 Å². The van der Waals surface area contributed by atoms with E-state index in [0.717, 1.165) is 22.3 Å². The van der Waals surface area contributed by atoms with Gasteiger partial charge in [0.15, 0.2) is 10.9 Å². The summed E-state index contributed by atoms with van der Waals surface area (Å²) < 4.78 is 40.5. The summed E-state index contributed by atoms with van der Waals surface area (Å²) in [6.07, 6.45) is -4.61. The molecule has 0 aliphatic rings. The van der Waals surface area contributed by atoms with E-state index >= 15 is 0 Å². The van der Waals surface area contributed by atoms with Gasteiger partial charge >= 0.3 is 6.18 Å². The number of ketones is 1. The number of alkyl halides is 3. The molecule has 1 aromatic heterocycles. The van der Waals surface area contributed by atoms with Gasteiger partial charge in [0.25, 0.3) is 0 Å². The minimum absolute atomic E-state index is 0.0505. The van der Waals surface area contributed by atoms with E-state index in [2.05, 4.69) is 25.9 Å². The Labute approximate surface area is 166 Å². The van der Waals surface area contributed by atoms with Crippen LogP contribution in [0.3, 0.4) is 0 Å². The van der Waals surface area contributed by atoms with Gasteiger partial charge in [0.1, 0.15) is 5.69 Å². The SMILES string of the molecule is O=C(CSc1nc(-c2ccc(Br)cc2)cc(C(F)(F)F)n1)c1ccccc1. The van der Waals surface area contributed by atoms with Gasteiger partial charge in [-0.25, -0.2) is 9.97 Å². The van der Waals surface area contributed by atoms with Crippen molar-refractivity contribution >= 4 is 33.5 Å². The number of hydrogen-bond acceptors (Lipinski definition) is 4. The van der Waals surface area contributed by atoms with Crippen LogP contribution in [0.15, 0.2) is 70.3 Å². The summed E-state index contributed by atoms with van der Waals surface area (Å²) in [6.45, 7) is 0. The quantitative estimate of drug-likeness (QED) is 0.274. The van der Waals surface area contributed by atoms with Gasteiger partial charge in [-0.1, -0.05) is 70.2 Å². The Bertz CT molecular complexity index is 947. The molecule has 138 valence electrons. The topological polar surface area (TPSA) is 42.9 Å². The second kappa shape index (κ2) is 8.22. The third-order valence-corrected chi connectivity index (χ3v) is 4.94. The van der Waals surface area contributed by atoms with Crippen LogP contribution in [0.5, 0.6) is 0 Å². The van der Waals surface area contributed by atoms with E-state index in [4.69, 9.17) is 0 Å². The fourth-order valence-corrected chi connectivity index (χ4v) is 3.26. The lowest BCUT2D eigenvalue weighted by atomic mass is 10.1. The molecule has 0 aliphatic heterocycles. The predicted molar refractivity (Wildman–Crippen MR) is 102 cm³/mol. The fourth-order valence-electron chi connectivity index (χ4n) is 2.24. The van der Waals surface area contributed by atoms with Gasteiger partial charge in [0.2, 0.25) is 0 Å². The first-order valence-electron chi connectivity index (χ1n) is 7.76. The first-order chi connectivity index (χ1) is 12.8. The monoisotopic (exact) mass is 452 g/mol. The molecule has 27 heavy (non-hydrogen) atoms. The Hall–Kier alpha value is -2.19. The molecule has 0 aliphatic carbocycles. The maximum atomic E-state index is 13.2. The van der Waals surface area contributed by atoms with Crippen LogP contribution in [0.4, 0.5) is 13.2 Å². The van der Waals surface area contributed by atoms with Crippen LogP contribution in [0.25, 0.3) is 11.3 Å². The molecular weight excluding hydrogens is 441 g/mol. The molecule has 3 nitrogen and oxygen atoms in total. The number of carbonyl (C=O) groups is 1. The molecule has 1 heterocycles. The zero-order chi connectivity index (χ0) is 19.4. The van der Waals surface area contributed by atoms with Crippen LogP contribution in [-0.2, 0) is 6.18 Å². The number of thioether (sulfide) groups is 1. The van der Waals surface area contributed by atoms with Crippen molar-refractivity contribution < 1.29 is 18.0 Å². The third kappa shape index (κ3) is 5.17. The number of benzene rings is 2. The molecule has 0 unspecified atom stereocenters. The average Bonchev–Trinajstić information content (AvgIpc) is 2.66. The first kappa shape index (κ1) is 19.6. The molecule has 2 aromatic carbocycles. The minimum Gasteiger partial charge on any atom is -0.293 e. The van der Waals surface area contributed by atoms with Crippen molar-refractivity contribution in [2.75, 3.05) is 5.75 Å². The van der Waals surface area contributed by atoms with Gasteiger partial charge in [0.05, 0.1) is 11.4 Å². The molecular formula is C19H12BrF3N2OS. The highest BCUT2D eigenvalue weighted by Crippen LogP contribution is 2.32. The highest BCUT2D eigenvalue weighted by atomic mass is 79.9. The average molecular weight is 453 g/mol. The van der Waals surface area contributed by atoms with Crippen molar-refractivity contribution in [3.05, 3.63) is 76.4 Å². The van der Waals surface area contributed by atoms with E-state index in [0.29, 0.717) is 11.1 Å². The maximum absolute atomic E-state index is 13.2. The summed E-state index contributed by atoms with van der Waals surface area (Å²) in [5.74, 6) is -0.253. The van der Waals surface area contributed by atoms with Crippen LogP contribution in [-0.4, -0.2) is 21.5 Å². The molecule has 0 amide bonds. The second-order valence-electron chi connectivity index (χ2n) is 5.50. The fraction of sp³-hybridized carbons (Fsp3) is 0.105. The van der Waals surface area contributed by atoms with Crippen LogP contribution in [0.1, 0.15) is 16.1 Å². The number of halogens is 4. The molecule has 0 N–H and O–H groups in total. The van der Waals surface area contributed by atoms with E-state index < -0.39 is 11.9 Å². The molecule has 0 spiro atoms. The van der Waals surface area contributed by atoms with Crippen molar-refractivity contribution in [1.82, 2.24) is 9.97 Å². The summed E-state index contributed by atoms with van der Waals surface area (Å²) in [5, 5.41) is -0.0907. The van der Waals surface area contributed by atoms with E-state index in [1.54, 1.807) is 54.6 Å².